The molecule has 130 valence electrons. The molecule has 0 bridgehead atoms. The van der Waals surface area contributed by atoms with E-state index in [0.717, 1.165) is 49.9 Å². The smallest absolute Gasteiger partial charge is 0.253 e. The molecule has 24 heavy (non-hydrogen) atoms. The molecule has 3 fully saturated rings. The average Bonchev–Trinajstić information content (AvgIpc) is 3.42. The zero-order valence-electron chi connectivity index (χ0n) is 14.5. The summed E-state index contributed by atoms with van der Waals surface area (Å²) in [6.45, 7) is 7.71. The number of carbonyl (C=O) groups excluding carboxylic acids is 1. The molecule has 1 saturated carbocycles. The van der Waals surface area contributed by atoms with Gasteiger partial charge in [0.1, 0.15) is 5.75 Å². The van der Waals surface area contributed by atoms with Crippen molar-refractivity contribution in [3.05, 3.63) is 28.8 Å². The zero-order valence-corrected chi connectivity index (χ0v) is 14.5. The van der Waals surface area contributed by atoms with Gasteiger partial charge in [-0.15, -0.1) is 0 Å². The molecule has 1 aromatic rings. The molecule has 1 aliphatic carbocycles. The van der Waals surface area contributed by atoms with Crippen molar-refractivity contribution in [2.24, 2.45) is 5.92 Å². The predicted octanol–water partition coefficient (Wildman–Crippen LogP) is 1.94. The summed E-state index contributed by atoms with van der Waals surface area (Å²) in [5.74, 6) is 1.15. The number of fused-ring (bicyclic) bond motifs is 1. The lowest BCUT2D eigenvalue weighted by atomic mass is 10.0. The number of benzene rings is 1. The second-order valence-electron chi connectivity index (χ2n) is 7.54. The standard InChI is InChI=1S/C19H26N2O3/c1-12-7-15(8-13(2)18(12)22)19(23)20-5-6-21-16(9-20)10-24-11-17(21)14-3-4-14/h7-8,14,16-17,22H,3-6,9-11H2,1-2H3/t16-,17-/m1/s1. The molecule has 0 spiro atoms. The number of phenols is 1. The van der Waals surface area contributed by atoms with Crippen LogP contribution in [-0.2, 0) is 4.74 Å². The van der Waals surface area contributed by atoms with Crippen LogP contribution < -0.4 is 0 Å². The first-order valence-corrected chi connectivity index (χ1v) is 8.97. The summed E-state index contributed by atoms with van der Waals surface area (Å²) in [4.78, 5) is 17.4. The maximum atomic E-state index is 12.9. The number of hydrogen-bond donors (Lipinski definition) is 1. The number of nitrogens with zero attached hydrogens (tertiary/aromatic N) is 2. The first-order valence-electron chi connectivity index (χ1n) is 8.97. The molecule has 2 aliphatic heterocycles. The number of piperazine rings is 1. The molecule has 0 radical (unpaired) electrons. The Labute approximate surface area is 143 Å². The minimum atomic E-state index is 0.0643. The molecule has 1 amide bonds. The molecule has 2 heterocycles. The van der Waals surface area contributed by atoms with Crippen LogP contribution in [-0.4, -0.2) is 65.7 Å². The van der Waals surface area contributed by atoms with Gasteiger partial charge in [0.15, 0.2) is 0 Å². The number of amides is 1. The maximum Gasteiger partial charge on any atom is 0.253 e. The Balaban J connectivity index is 1.49. The Morgan fingerprint density at radius 1 is 1.17 bits per heavy atom. The highest BCUT2D eigenvalue weighted by atomic mass is 16.5. The van der Waals surface area contributed by atoms with Crippen molar-refractivity contribution in [2.75, 3.05) is 32.8 Å². The van der Waals surface area contributed by atoms with Crippen molar-refractivity contribution < 1.29 is 14.6 Å². The normalized spacial score (nSPS) is 27.8. The van der Waals surface area contributed by atoms with Gasteiger partial charge in [-0.1, -0.05) is 0 Å². The monoisotopic (exact) mass is 330 g/mol. The largest absolute Gasteiger partial charge is 0.507 e. The minimum absolute atomic E-state index is 0.0643. The van der Waals surface area contributed by atoms with Gasteiger partial charge >= 0.3 is 0 Å². The van der Waals surface area contributed by atoms with Crippen molar-refractivity contribution in [3.63, 3.8) is 0 Å². The highest BCUT2D eigenvalue weighted by Gasteiger charge is 2.43. The number of aryl methyl sites for hydroxylation is 2. The van der Waals surface area contributed by atoms with E-state index in [9.17, 15) is 9.90 Å². The zero-order chi connectivity index (χ0) is 16.8. The number of phenolic OH excluding ortho intramolecular Hbond substituents is 1. The van der Waals surface area contributed by atoms with Gasteiger partial charge in [0.2, 0.25) is 0 Å². The first-order chi connectivity index (χ1) is 11.5. The van der Waals surface area contributed by atoms with Crippen LogP contribution in [0.1, 0.15) is 34.3 Å². The summed E-state index contributed by atoms with van der Waals surface area (Å²) < 4.78 is 5.83. The number of ether oxygens (including phenoxy) is 1. The Bertz CT molecular complexity index is 633. The molecule has 2 saturated heterocycles. The summed E-state index contributed by atoms with van der Waals surface area (Å²) >= 11 is 0. The number of carbonyl (C=O) groups is 1. The molecule has 0 aromatic heterocycles. The van der Waals surface area contributed by atoms with Gasteiger partial charge in [0.05, 0.1) is 19.3 Å². The fourth-order valence-corrected chi connectivity index (χ4v) is 4.21. The fourth-order valence-electron chi connectivity index (χ4n) is 4.21. The molecule has 5 heteroatoms. The first kappa shape index (κ1) is 15.9. The van der Waals surface area contributed by atoms with Gasteiger partial charge in [-0.3, -0.25) is 9.69 Å². The van der Waals surface area contributed by atoms with Crippen LogP contribution >= 0.6 is 0 Å². The maximum absolute atomic E-state index is 12.9. The Morgan fingerprint density at radius 2 is 1.88 bits per heavy atom. The average molecular weight is 330 g/mol. The van der Waals surface area contributed by atoms with E-state index in [-0.39, 0.29) is 11.7 Å². The van der Waals surface area contributed by atoms with Crippen LogP contribution in [0.15, 0.2) is 12.1 Å². The summed E-state index contributed by atoms with van der Waals surface area (Å²) in [5.41, 5.74) is 2.19. The van der Waals surface area contributed by atoms with Gasteiger partial charge < -0.3 is 14.7 Å². The van der Waals surface area contributed by atoms with Crippen molar-refractivity contribution in [1.82, 2.24) is 9.80 Å². The lowest BCUT2D eigenvalue weighted by molar-refractivity contribution is -0.0816. The second-order valence-corrected chi connectivity index (χ2v) is 7.54. The Hall–Kier alpha value is -1.59. The molecule has 3 aliphatic rings. The highest BCUT2D eigenvalue weighted by Crippen LogP contribution is 2.38. The summed E-state index contributed by atoms with van der Waals surface area (Å²) in [6.07, 6.45) is 2.65. The minimum Gasteiger partial charge on any atom is -0.507 e. The van der Waals surface area contributed by atoms with E-state index in [0.29, 0.717) is 17.6 Å². The molecule has 1 N–H and O–H groups in total. The number of morpholine rings is 1. The molecule has 4 rings (SSSR count). The molecule has 0 unspecified atom stereocenters. The van der Waals surface area contributed by atoms with Crippen molar-refractivity contribution in [1.29, 1.82) is 0 Å². The number of aromatic hydroxyl groups is 1. The second kappa shape index (κ2) is 6.05. The van der Waals surface area contributed by atoms with Gasteiger partial charge in [-0.2, -0.15) is 0 Å². The van der Waals surface area contributed by atoms with Crippen LogP contribution in [0.2, 0.25) is 0 Å². The van der Waals surface area contributed by atoms with Crippen LogP contribution in [0.4, 0.5) is 0 Å². The van der Waals surface area contributed by atoms with Crippen LogP contribution in [0.3, 0.4) is 0 Å². The van der Waals surface area contributed by atoms with E-state index in [2.05, 4.69) is 4.90 Å². The van der Waals surface area contributed by atoms with E-state index < -0.39 is 0 Å². The van der Waals surface area contributed by atoms with E-state index in [1.54, 1.807) is 12.1 Å². The van der Waals surface area contributed by atoms with E-state index >= 15 is 0 Å². The third-order valence-corrected chi connectivity index (χ3v) is 5.74. The Morgan fingerprint density at radius 3 is 2.54 bits per heavy atom. The predicted molar refractivity (Wildman–Crippen MR) is 91.3 cm³/mol. The molecule has 5 nitrogen and oxygen atoms in total. The SMILES string of the molecule is Cc1cc(C(=O)N2CCN3[C@@H](COC[C@@H]3C3CC3)C2)cc(C)c1O. The van der Waals surface area contributed by atoms with E-state index in [4.69, 9.17) is 4.74 Å². The molecular weight excluding hydrogens is 304 g/mol. The molecule has 2 atom stereocenters. The highest BCUT2D eigenvalue weighted by molar-refractivity contribution is 5.95. The van der Waals surface area contributed by atoms with E-state index in [1.807, 2.05) is 18.7 Å². The van der Waals surface area contributed by atoms with Gasteiger partial charge in [-0.05, 0) is 55.9 Å². The number of hydrogen-bond acceptors (Lipinski definition) is 4. The van der Waals surface area contributed by atoms with Crippen molar-refractivity contribution in [2.45, 2.75) is 38.8 Å². The molecular formula is C19H26N2O3. The van der Waals surface area contributed by atoms with Crippen molar-refractivity contribution >= 4 is 5.91 Å². The lowest BCUT2D eigenvalue weighted by Crippen LogP contribution is -2.63. The third-order valence-electron chi connectivity index (χ3n) is 5.74. The van der Waals surface area contributed by atoms with Gasteiger partial charge in [0.25, 0.3) is 5.91 Å². The van der Waals surface area contributed by atoms with Gasteiger partial charge in [-0.25, -0.2) is 0 Å². The quantitative estimate of drug-likeness (QED) is 0.900. The lowest BCUT2D eigenvalue weighted by Gasteiger charge is -2.48. The van der Waals surface area contributed by atoms with Crippen LogP contribution in [0, 0.1) is 19.8 Å². The van der Waals surface area contributed by atoms with E-state index in [1.165, 1.54) is 12.8 Å². The summed E-state index contributed by atoms with van der Waals surface area (Å²) in [6, 6.07) is 4.46. The van der Waals surface area contributed by atoms with Crippen LogP contribution in [0.25, 0.3) is 0 Å². The van der Waals surface area contributed by atoms with Crippen molar-refractivity contribution in [3.8, 4) is 5.75 Å². The topological polar surface area (TPSA) is 53.0 Å². The Kier molecular flexibility index (Phi) is 4.01. The fraction of sp³-hybridized carbons (Fsp3) is 0.632. The summed E-state index contributed by atoms with van der Waals surface area (Å²) in [5, 5.41) is 9.92. The van der Waals surface area contributed by atoms with Crippen LogP contribution in [0.5, 0.6) is 5.75 Å². The molecule has 1 aromatic carbocycles. The third kappa shape index (κ3) is 2.80. The summed E-state index contributed by atoms with van der Waals surface area (Å²) in [7, 11) is 0. The number of rotatable bonds is 2. The van der Waals surface area contributed by atoms with Gasteiger partial charge in [0, 0.05) is 31.2 Å².